The van der Waals surface area contributed by atoms with Crippen molar-refractivity contribution in [3.8, 4) is 5.75 Å². The lowest BCUT2D eigenvalue weighted by Gasteiger charge is -2.12. The van der Waals surface area contributed by atoms with Gasteiger partial charge in [-0.1, -0.05) is 19.1 Å². The van der Waals surface area contributed by atoms with Crippen molar-refractivity contribution in [2.24, 2.45) is 5.92 Å². The largest absolute Gasteiger partial charge is 0.497 e. The van der Waals surface area contributed by atoms with E-state index in [1.807, 2.05) is 24.3 Å². The van der Waals surface area contributed by atoms with Gasteiger partial charge in [-0.2, -0.15) is 0 Å². The van der Waals surface area contributed by atoms with E-state index in [0.717, 1.165) is 23.5 Å². The Labute approximate surface area is 138 Å². The summed E-state index contributed by atoms with van der Waals surface area (Å²) in [4.78, 5) is 23.4. The van der Waals surface area contributed by atoms with E-state index in [1.54, 1.807) is 7.11 Å². The van der Waals surface area contributed by atoms with Crippen LogP contribution in [0.3, 0.4) is 0 Å². The van der Waals surface area contributed by atoms with Crippen LogP contribution in [0.4, 0.5) is 0 Å². The summed E-state index contributed by atoms with van der Waals surface area (Å²) in [6, 6.07) is 10.8. The van der Waals surface area contributed by atoms with Crippen LogP contribution in [0.5, 0.6) is 5.75 Å². The number of thiophene rings is 1. The lowest BCUT2D eigenvalue weighted by molar-refractivity contribution is 0.0702. The van der Waals surface area contributed by atoms with Gasteiger partial charge >= 0.3 is 5.97 Å². The summed E-state index contributed by atoms with van der Waals surface area (Å²) < 4.78 is 5.12. The average molecular weight is 333 g/mol. The van der Waals surface area contributed by atoms with Crippen LogP contribution in [0.15, 0.2) is 36.4 Å². The van der Waals surface area contributed by atoms with Gasteiger partial charge in [0.25, 0.3) is 5.91 Å². The Hall–Kier alpha value is -2.34. The normalized spacial score (nSPS) is 11.7. The van der Waals surface area contributed by atoms with Crippen LogP contribution in [0.1, 0.15) is 31.8 Å². The molecule has 1 heterocycles. The van der Waals surface area contributed by atoms with Crippen molar-refractivity contribution in [1.29, 1.82) is 0 Å². The van der Waals surface area contributed by atoms with E-state index >= 15 is 0 Å². The highest BCUT2D eigenvalue weighted by atomic mass is 32.1. The predicted molar refractivity (Wildman–Crippen MR) is 89.5 cm³/mol. The number of hydrogen-bond acceptors (Lipinski definition) is 4. The first-order valence-corrected chi connectivity index (χ1v) is 8.05. The molecule has 1 amide bonds. The highest BCUT2D eigenvalue weighted by molar-refractivity contribution is 7.15. The van der Waals surface area contributed by atoms with Gasteiger partial charge in [0.2, 0.25) is 0 Å². The third kappa shape index (κ3) is 4.82. The van der Waals surface area contributed by atoms with E-state index < -0.39 is 5.97 Å². The molecule has 0 aliphatic heterocycles. The Bertz CT molecular complexity index is 678. The van der Waals surface area contributed by atoms with Crippen molar-refractivity contribution in [3.63, 3.8) is 0 Å². The fraction of sp³-hybridized carbons (Fsp3) is 0.294. The number of nitrogens with one attached hydrogen (secondary N) is 1. The number of aromatic carboxylic acids is 1. The Balaban J connectivity index is 1.83. The minimum atomic E-state index is -1.01. The maximum atomic E-state index is 12.0. The van der Waals surface area contributed by atoms with Crippen LogP contribution in [-0.4, -0.2) is 30.6 Å². The number of amides is 1. The molecule has 23 heavy (non-hydrogen) atoms. The van der Waals surface area contributed by atoms with Crippen LogP contribution in [0.25, 0.3) is 0 Å². The van der Waals surface area contributed by atoms with Crippen LogP contribution in [-0.2, 0) is 6.42 Å². The number of carboxylic acids is 1. The predicted octanol–water partition coefficient (Wildman–Crippen LogP) is 3.06. The van der Waals surface area contributed by atoms with Crippen molar-refractivity contribution in [2.45, 2.75) is 13.3 Å². The van der Waals surface area contributed by atoms with Crippen LogP contribution >= 0.6 is 11.3 Å². The van der Waals surface area contributed by atoms with Gasteiger partial charge in [0.15, 0.2) is 0 Å². The molecule has 0 saturated carbocycles. The zero-order chi connectivity index (χ0) is 16.8. The first-order valence-electron chi connectivity index (χ1n) is 7.24. The molecule has 1 unspecified atom stereocenters. The summed E-state index contributed by atoms with van der Waals surface area (Å²) in [5.74, 6) is -0.154. The molecular formula is C17H19NO4S. The summed E-state index contributed by atoms with van der Waals surface area (Å²) in [5.41, 5.74) is 1.18. The number of ether oxygens (including phenoxy) is 1. The zero-order valence-electron chi connectivity index (χ0n) is 13.0. The van der Waals surface area contributed by atoms with Gasteiger partial charge in [0.05, 0.1) is 12.0 Å². The lowest BCUT2D eigenvalue weighted by atomic mass is 10.0. The summed E-state index contributed by atoms with van der Waals surface area (Å²) in [6.07, 6.45) is 0.842. The second kappa shape index (κ2) is 7.78. The van der Waals surface area contributed by atoms with Crippen molar-refractivity contribution >= 4 is 23.2 Å². The monoisotopic (exact) mass is 333 g/mol. The molecule has 5 nitrogen and oxygen atoms in total. The van der Waals surface area contributed by atoms with Gasteiger partial charge in [-0.15, -0.1) is 11.3 Å². The van der Waals surface area contributed by atoms with Crippen LogP contribution in [0.2, 0.25) is 0 Å². The second-order valence-corrected chi connectivity index (χ2v) is 6.42. The van der Waals surface area contributed by atoms with Crippen LogP contribution in [0, 0.1) is 5.92 Å². The first kappa shape index (κ1) is 17.0. The molecule has 0 aliphatic carbocycles. The molecule has 1 aromatic heterocycles. The highest BCUT2D eigenvalue weighted by Crippen LogP contribution is 2.17. The standard InChI is InChI=1S/C17H19NO4S/c1-11(9-12-3-5-13(22-2)6-4-12)10-18-16(19)14-7-8-15(23-14)17(20)21/h3-8,11H,9-10H2,1-2H3,(H,18,19)(H,20,21). The van der Waals surface area contributed by atoms with Gasteiger partial charge in [0, 0.05) is 6.54 Å². The average Bonchev–Trinajstić information content (AvgIpc) is 3.03. The lowest BCUT2D eigenvalue weighted by Crippen LogP contribution is -2.28. The Morgan fingerprint density at radius 1 is 1.17 bits per heavy atom. The number of carbonyl (C=O) groups excluding carboxylic acids is 1. The molecular weight excluding hydrogens is 314 g/mol. The van der Waals surface area contributed by atoms with E-state index in [4.69, 9.17) is 9.84 Å². The highest BCUT2D eigenvalue weighted by Gasteiger charge is 2.13. The number of hydrogen-bond donors (Lipinski definition) is 2. The fourth-order valence-electron chi connectivity index (χ4n) is 2.17. The Morgan fingerprint density at radius 2 is 1.83 bits per heavy atom. The first-order chi connectivity index (χ1) is 11.0. The van der Waals surface area contributed by atoms with Crippen molar-refractivity contribution in [3.05, 3.63) is 51.7 Å². The molecule has 2 N–H and O–H groups in total. The molecule has 0 radical (unpaired) electrons. The molecule has 0 aliphatic rings. The van der Waals surface area contributed by atoms with Gasteiger partial charge < -0.3 is 15.2 Å². The Kier molecular flexibility index (Phi) is 5.76. The van der Waals surface area contributed by atoms with E-state index in [2.05, 4.69) is 12.2 Å². The smallest absolute Gasteiger partial charge is 0.345 e. The number of carboxylic acid groups (broad SMARTS) is 1. The molecule has 0 bridgehead atoms. The van der Waals surface area contributed by atoms with E-state index in [9.17, 15) is 9.59 Å². The van der Waals surface area contributed by atoms with Crippen molar-refractivity contribution in [2.75, 3.05) is 13.7 Å². The molecule has 122 valence electrons. The molecule has 1 aromatic carbocycles. The third-order valence-electron chi connectivity index (χ3n) is 3.39. The topological polar surface area (TPSA) is 75.6 Å². The molecule has 6 heteroatoms. The maximum absolute atomic E-state index is 12.0. The van der Waals surface area contributed by atoms with Gasteiger partial charge in [-0.25, -0.2) is 4.79 Å². The summed E-state index contributed by atoms with van der Waals surface area (Å²) in [7, 11) is 1.63. The quantitative estimate of drug-likeness (QED) is 0.816. The van der Waals surface area contributed by atoms with E-state index in [-0.39, 0.29) is 16.7 Å². The van der Waals surface area contributed by atoms with Gasteiger partial charge in [-0.3, -0.25) is 4.79 Å². The van der Waals surface area contributed by atoms with Gasteiger partial charge in [-0.05, 0) is 42.2 Å². The number of carbonyl (C=O) groups is 2. The zero-order valence-corrected chi connectivity index (χ0v) is 13.9. The van der Waals surface area contributed by atoms with Crippen molar-refractivity contribution in [1.82, 2.24) is 5.32 Å². The Morgan fingerprint density at radius 3 is 2.39 bits per heavy atom. The maximum Gasteiger partial charge on any atom is 0.345 e. The third-order valence-corrected chi connectivity index (χ3v) is 4.47. The summed E-state index contributed by atoms with van der Waals surface area (Å²) in [6.45, 7) is 2.59. The van der Waals surface area contributed by atoms with Crippen molar-refractivity contribution < 1.29 is 19.4 Å². The fourth-order valence-corrected chi connectivity index (χ4v) is 2.93. The van der Waals surface area contributed by atoms with E-state index in [0.29, 0.717) is 11.4 Å². The molecule has 1 atom stereocenters. The van der Waals surface area contributed by atoms with Gasteiger partial charge in [0.1, 0.15) is 10.6 Å². The molecule has 0 spiro atoms. The molecule has 0 saturated heterocycles. The number of methoxy groups -OCH3 is 1. The van der Waals surface area contributed by atoms with E-state index in [1.165, 1.54) is 17.7 Å². The molecule has 2 rings (SSSR count). The molecule has 2 aromatic rings. The number of rotatable bonds is 7. The number of benzene rings is 1. The summed E-state index contributed by atoms with van der Waals surface area (Å²) in [5, 5.41) is 11.7. The SMILES string of the molecule is COc1ccc(CC(C)CNC(=O)c2ccc(C(=O)O)s2)cc1. The van der Waals surface area contributed by atoms with Crippen LogP contribution < -0.4 is 10.1 Å². The minimum Gasteiger partial charge on any atom is -0.497 e. The minimum absolute atomic E-state index is 0.168. The second-order valence-electron chi connectivity index (χ2n) is 5.34. The summed E-state index contributed by atoms with van der Waals surface area (Å²) >= 11 is 0.983. The molecule has 0 fully saturated rings.